The van der Waals surface area contributed by atoms with Gasteiger partial charge in [-0.1, -0.05) is 78.4 Å². The highest BCUT2D eigenvalue weighted by Crippen LogP contribution is 2.36. The molecular weight excluding hydrogens is 304 g/mol. The van der Waals surface area contributed by atoms with Gasteiger partial charge in [0.2, 0.25) is 6.29 Å². The fourth-order valence-electron chi connectivity index (χ4n) is 2.68. The van der Waals surface area contributed by atoms with Crippen LogP contribution in [0.2, 0.25) is 0 Å². The van der Waals surface area contributed by atoms with Crippen molar-refractivity contribution in [2.45, 2.75) is 104 Å². The van der Waals surface area contributed by atoms with Crippen LogP contribution in [0.1, 0.15) is 86.0 Å². The zero-order valence-electron chi connectivity index (χ0n) is 16.1. The molecule has 4 heteroatoms. The lowest BCUT2D eigenvalue weighted by molar-refractivity contribution is -0.160. The van der Waals surface area contributed by atoms with Crippen molar-refractivity contribution in [3.8, 4) is 0 Å². The van der Waals surface area contributed by atoms with E-state index in [-0.39, 0.29) is 5.41 Å². The number of aliphatic hydroxyl groups excluding tert-OH is 1. The molecule has 0 saturated carbocycles. The summed E-state index contributed by atoms with van der Waals surface area (Å²) in [5.74, 6) is -0.490. The zero-order valence-corrected chi connectivity index (χ0v) is 16.1. The highest BCUT2D eigenvalue weighted by Gasteiger charge is 2.53. The van der Waals surface area contributed by atoms with E-state index >= 15 is 0 Å². The summed E-state index contributed by atoms with van der Waals surface area (Å²) >= 11 is 0. The van der Waals surface area contributed by atoms with Gasteiger partial charge in [0.05, 0.1) is 0 Å². The number of allylic oxidation sites excluding steroid dienone is 1. The molecule has 0 aromatic rings. The number of unbranched alkanes of at least 4 members (excludes halogenated alkanes) is 7. The molecule has 4 nitrogen and oxygen atoms in total. The van der Waals surface area contributed by atoms with E-state index in [1.807, 2.05) is 26.8 Å². The van der Waals surface area contributed by atoms with E-state index < -0.39 is 24.0 Å². The second kappa shape index (κ2) is 9.57. The summed E-state index contributed by atoms with van der Waals surface area (Å²) in [6.45, 7) is 9.66. The van der Waals surface area contributed by atoms with Crippen LogP contribution in [-0.2, 0) is 14.3 Å². The van der Waals surface area contributed by atoms with Crippen LogP contribution in [0, 0.1) is 5.41 Å². The summed E-state index contributed by atoms with van der Waals surface area (Å²) in [5, 5.41) is 10.3. The maximum Gasteiger partial charge on any atom is 0.343 e. The SMILES string of the molecule is CCCCCCCCC/C=C/C(O)[C@]1(C)O[C@@H](C(C)(C)C)OC1=O. The standard InChI is InChI=1S/C20H36O4/c1-6-7-8-9-10-11-12-13-14-15-16(21)20(5)17(22)23-18(24-20)19(2,3)4/h14-16,18,21H,6-13H2,1-5H3/b15-14+/t16?,18-,20-/m0/s1. The molecule has 1 aliphatic rings. The Hall–Kier alpha value is -0.870. The van der Waals surface area contributed by atoms with Crippen LogP contribution in [0.4, 0.5) is 0 Å². The summed E-state index contributed by atoms with van der Waals surface area (Å²) in [5.41, 5.74) is -1.62. The summed E-state index contributed by atoms with van der Waals surface area (Å²) in [6, 6.07) is 0. The van der Waals surface area contributed by atoms with E-state index in [1.54, 1.807) is 13.0 Å². The highest BCUT2D eigenvalue weighted by molar-refractivity contribution is 5.82. The lowest BCUT2D eigenvalue weighted by Gasteiger charge is -2.27. The molecule has 0 amide bonds. The molecule has 0 radical (unpaired) electrons. The average Bonchev–Trinajstić information content (AvgIpc) is 2.82. The number of hydrogen-bond acceptors (Lipinski definition) is 4. The molecule has 1 N–H and O–H groups in total. The fraction of sp³-hybridized carbons (Fsp3) is 0.850. The first-order valence-corrected chi connectivity index (χ1v) is 9.45. The molecule has 3 atom stereocenters. The largest absolute Gasteiger partial charge is 0.433 e. The van der Waals surface area contributed by atoms with Gasteiger partial charge in [0.25, 0.3) is 0 Å². The smallest absolute Gasteiger partial charge is 0.343 e. The third kappa shape index (κ3) is 6.21. The molecule has 1 aliphatic heterocycles. The normalized spacial score (nSPS) is 26.1. The molecule has 0 aromatic heterocycles. The number of carbonyl (C=O) groups excluding carboxylic acids is 1. The Morgan fingerprint density at radius 2 is 1.75 bits per heavy atom. The van der Waals surface area contributed by atoms with Crippen LogP contribution < -0.4 is 0 Å². The van der Waals surface area contributed by atoms with Gasteiger partial charge in [-0.25, -0.2) is 4.79 Å². The van der Waals surface area contributed by atoms with Crippen LogP contribution in [0.25, 0.3) is 0 Å². The monoisotopic (exact) mass is 340 g/mol. The van der Waals surface area contributed by atoms with Gasteiger partial charge < -0.3 is 14.6 Å². The minimum Gasteiger partial charge on any atom is -0.433 e. The lowest BCUT2D eigenvalue weighted by Crippen LogP contribution is -2.44. The van der Waals surface area contributed by atoms with E-state index in [2.05, 4.69) is 6.92 Å². The van der Waals surface area contributed by atoms with E-state index in [0.29, 0.717) is 0 Å². The third-order valence-electron chi connectivity index (χ3n) is 4.54. The first-order valence-electron chi connectivity index (χ1n) is 9.45. The first kappa shape index (κ1) is 21.2. The predicted molar refractivity (Wildman–Crippen MR) is 96.6 cm³/mol. The summed E-state index contributed by atoms with van der Waals surface area (Å²) in [6.07, 6.45) is 11.8. The molecule has 1 unspecified atom stereocenters. The summed E-state index contributed by atoms with van der Waals surface area (Å²) < 4.78 is 11.0. The number of rotatable bonds is 10. The minimum atomic E-state index is -1.31. The topological polar surface area (TPSA) is 55.8 Å². The van der Waals surface area contributed by atoms with Crippen LogP contribution in [0.15, 0.2) is 12.2 Å². The molecular formula is C20H36O4. The van der Waals surface area contributed by atoms with Gasteiger partial charge in [0, 0.05) is 5.41 Å². The van der Waals surface area contributed by atoms with Crippen molar-refractivity contribution in [2.24, 2.45) is 5.41 Å². The number of hydrogen-bond donors (Lipinski definition) is 1. The number of esters is 1. The van der Waals surface area contributed by atoms with E-state index in [1.165, 1.54) is 38.5 Å². The second-order valence-electron chi connectivity index (χ2n) is 8.11. The Labute approximate surface area is 147 Å². The fourth-order valence-corrected chi connectivity index (χ4v) is 2.68. The molecule has 1 rings (SSSR count). The molecule has 0 bridgehead atoms. The van der Waals surface area contributed by atoms with Crippen molar-refractivity contribution in [2.75, 3.05) is 0 Å². The van der Waals surface area contributed by atoms with Crippen molar-refractivity contribution in [1.82, 2.24) is 0 Å². The quantitative estimate of drug-likeness (QED) is 0.354. The van der Waals surface area contributed by atoms with Gasteiger partial charge in [0.15, 0.2) is 5.60 Å². The van der Waals surface area contributed by atoms with Crippen molar-refractivity contribution in [3.63, 3.8) is 0 Å². The Morgan fingerprint density at radius 1 is 1.17 bits per heavy atom. The van der Waals surface area contributed by atoms with Crippen LogP contribution in [0.3, 0.4) is 0 Å². The van der Waals surface area contributed by atoms with Gasteiger partial charge in [-0.15, -0.1) is 0 Å². The van der Waals surface area contributed by atoms with Crippen molar-refractivity contribution >= 4 is 5.97 Å². The number of aliphatic hydroxyl groups is 1. The molecule has 140 valence electrons. The minimum absolute atomic E-state index is 0.311. The number of ether oxygens (including phenoxy) is 2. The van der Waals surface area contributed by atoms with Crippen LogP contribution in [0.5, 0.6) is 0 Å². The Morgan fingerprint density at radius 3 is 2.29 bits per heavy atom. The van der Waals surface area contributed by atoms with Crippen molar-refractivity contribution in [3.05, 3.63) is 12.2 Å². The second-order valence-corrected chi connectivity index (χ2v) is 8.11. The van der Waals surface area contributed by atoms with Crippen molar-refractivity contribution in [1.29, 1.82) is 0 Å². The number of carbonyl (C=O) groups is 1. The van der Waals surface area contributed by atoms with Gasteiger partial charge >= 0.3 is 5.97 Å². The van der Waals surface area contributed by atoms with Crippen molar-refractivity contribution < 1.29 is 19.4 Å². The zero-order chi connectivity index (χ0) is 18.2. The molecule has 0 spiro atoms. The van der Waals surface area contributed by atoms with Gasteiger partial charge in [-0.2, -0.15) is 0 Å². The Balaban J connectivity index is 2.33. The van der Waals surface area contributed by atoms with Gasteiger partial charge in [-0.05, 0) is 19.8 Å². The van der Waals surface area contributed by atoms with Crippen LogP contribution in [-0.4, -0.2) is 29.1 Å². The molecule has 1 fully saturated rings. The molecule has 1 saturated heterocycles. The maximum atomic E-state index is 12.1. The van der Waals surface area contributed by atoms with Crippen LogP contribution >= 0.6 is 0 Å². The van der Waals surface area contributed by atoms with E-state index in [4.69, 9.17) is 9.47 Å². The summed E-state index contributed by atoms with van der Waals surface area (Å²) in [7, 11) is 0. The maximum absolute atomic E-state index is 12.1. The predicted octanol–water partition coefficient (Wildman–Crippen LogP) is 4.75. The summed E-state index contributed by atoms with van der Waals surface area (Å²) in [4.78, 5) is 12.1. The average molecular weight is 341 g/mol. The molecule has 24 heavy (non-hydrogen) atoms. The molecule has 0 aromatic carbocycles. The number of cyclic esters (lactones) is 1. The lowest BCUT2D eigenvalue weighted by atomic mass is 9.95. The third-order valence-corrected chi connectivity index (χ3v) is 4.54. The van der Waals surface area contributed by atoms with Gasteiger partial charge in [0.1, 0.15) is 6.10 Å². The van der Waals surface area contributed by atoms with Gasteiger partial charge in [-0.3, -0.25) is 0 Å². The van der Waals surface area contributed by atoms with E-state index in [9.17, 15) is 9.90 Å². The highest BCUT2D eigenvalue weighted by atomic mass is 16.8. The Kier molecular flexibility index (Phi) is 8.44. The van der Waals surface area contributed by atoms with E-state index in [0.717, 1.165) is 12.8 Å². The molecule has 0 aliphatic carbocycles. The first-order chi connectivity index (χ1) is 11.2. The molecule has 1 heterocycles. The Bertz CT molecular complexity index is 410.